The second-order valence-electron chi connectivity index (χ2n) is 6.78. The van der Waals surface area contributed by atoms with Crippen molar-refractivity contribution in [2.75, 3.05) is 26.7 Å². The zero-order valence-corrected chi connectivity index (χ0v) is 14.7. The van der Waals surface area contributed by atoms with E-state index in [1.165, 1.54) is 0 Å². The zero-order valence-electron chi connectivity index (χ0n) is 14.7. The van der Waals surface area contributed by atoms with E-state index in [9.17, 15) is 4.79 Å². The van der Waals surface area contributed by atoms with Crippen molar-refractivity contribution in [3.8, 4) is 11.5 Å². The van der Waals surface area contributed by atoms with E-state index in [2.05, 4.69) is 36.0 Å². The molecule has 0 spiro atoms. The molecule has 1 unspecified atom stereocenters. The number of rotatable bonds is 3. The van der Waals surface area contributed by atoms with Crippen molar-refractivity contribution < 1.29 is 9.21 Å². The van der Waals surface area contributed by atoms with Crippen LogP contribution in [0, 0.1) is 12.8 Å². The third-order valence-corrected chi connectivity index (χ3v) is 4.53. The highest BCUT2D eigenvalue weighted by Gasteiger charge is 2.31. The SMILES string of the molecule is Cc1nnc(-c2cccc(C(=O)N3CCN(C)CC3C(C)C)c2)o1. The number of hydrogen-bond acceptors (Lipinski definition) is 5. The molecule has 0 bridgehead atoms. The zero-order chi connectivity index (χ0) is 17.3. The molecule has 128 valence electrons. The van der Waals surface area contributed by atoms with Gasteiger partial charge in [-0.3, -0.25) is 4.79 Å². The van der Waals surface area contributed by atoms with E-state index < -0.39 is 0 Å². The summed E-state index contributed by atoms with van der Waals surface area (Å²) in [5.41, 5.74) is 1.44. The Balaban J connectivity index is 1.86. The minimum absolute atomic E-state index is 0.0693. The minimum Gasteiger partial charge on any atom is -0.421 e. The fourth-order valence-electron chi connectivity index (χ4n) is 3.14. The maximum atomic E-state index is 13.1. The molecule has 3 rings (SSSR count). The van der Waals surface area contributed by atoms with Gasteiger partial charge in [0.05, 0.1) is 0 Å². The highest BCUT2D eigenvalue weighted by Crippen LogP contribution is 2.23. The van der Waals surface area contributed by atoms with Gasteiger partial charge in [-0.2, -0.15) is 0 Å². The fraction of sp³-hybridized carbons (Fsp3) is 0.500. The number of carbonyl (C=O) groups is 1. The summed E-state index contributed by atoms with van der Waals surface area (Å²) in [6, 6.07) is 7.66. The average Bonchev–Trinajstić information content (AvgIpc) is 3.01. The molecule has 0 N–H and O–H groups in total. The van der Waals surface area contributed by atoms with E-state index in [0.29, 0.717) is 23.3 Å². The van der Waals surface area contributed by atoms with Crippen LogP contribution >= 0.6 is 0 Å². The Morgan fingerprint density at radius 3 is 2.75 bits per heavy atom. The number of piperazine rings is 1. The molecule has 0 saturated carbocycles. The van der Waals surface area contributed by atoms with Crippen molar-refractivity contribution >= 4 is 5.91 Å². The van der Waals surface area contributed by atoms with Crippen molar-refractivity contribution in [2.45, 2.75) is 26.8 Å². The van der Waals surface area contributed by atoms with Gasteiger partial charge in [-0.1, -0.05) is 19.9 Å². The number of aryl methyl sites for hydroxylation is 1. The van der Waals surface area contributed by atoms with Crippen LogP contribution in [0.3, 0.4) is 0 Å². The molecule has 1 fully saturated rings. The molecule has 0 radical (unpaired) electrons. The van der Waals surface area contributed by atoms with Crippen molar-refractivity contribution in [1.29, 1.82) is 0 Å². The lowest BCUT2D eigenvalue weighted by Gasteiger charge is -2.42. The maximum Gasteiger partial charge on any atom is 0.254 e. The van der Waals surface area contributed by atoms with Crippen LogP contribution in [-0.2, 0) is 0 Å². The maximum absolute atomic E-state index is 13.1. The van der Waals surface area contributed by atoms with Crippen LogP contribution in [0.15, 0.2) is 28.7 Å². The molecular weight excluding hydrogens is 304 g/mol. The average molecular weight is 328 g/mol. The van der Waals surface area contributed by atoms with Gasteiger partial charge < -0.3 is 14.2 Å². The lowest BCUT2D eigenvalue weighted by molar-refractivity contribution is 0.0402. The summed E-state index contributed by atoms with van der Waals surface area (Å²) in [7, 11) is 2.11. The largest absolute Gasteiger partial charge is 0.421 e. The number of likely N-dealkylation sites (N-methyl/N-ethyl adjacent to an activating group) is 1. The van der Waals surface area contributed by atoms with E-state index >= 15 is 0 Å². The molecule has 1 atom stereocenters. The Labute approximate surface area is 142 Å². The molecule has 1 amide bonds. The van der Waals surface area contributed by atoms with Crippen LogP contribution < -0.4 is 0 Å². The van der Waals surface area contributed by atoms with Crippen LogP contribution in [0.4, 0.5) is 0 Å². The highest BCUT2D eigenvalue weighted by molar-refractivity contribution is 5.95. The quantitative estimate of drug-likeness (QED) is 0.866. The lowest BCUT2D eigenvalue weighted by atomic mass is 9.98. The van der Waals surface area contributed by atoms with Gasteiger partial charge in [0.2, 0.25) is 11.8 Å². The van der Waals surface area contributed by atoms with Gasteiger partial charge in [-0.15, -0.1) is 10.2 Å². The molecular formula is C18H24N4O2. The molecule has 1 aromatic carbocycles. The summed E-state index contributed by atoms with van der Waals surface area (Å²) in [4.78, 5) is 17.3. The summed E-state index contributed by atoms with van der Waals surface area (Å²) in [6.07, 6.45) is 0. The first kappa shape index (κ1) is 16.6. The minimum atomic E-state index is 0.0693. The Morgan fingerprint density at radius 2 is 2.08 bits per heavy atom. The molecule has 1 aromatic heterocycles. The fourth-order valence-corrected chi connectivity index (χ4v) is 3.14. The third kappa shape index (κ3) is 3.33. The van der Waals surface area contributed by atoms with Crippen LogP contribution in [0.25, 0.3) is 11.5 Å². The second kappa shape index (κ2) is 6.73. The van der Waals surface area contributed by atoms with Gasteiger partial charge in [0, 0.05) is 43.7 Å². The van der Waals surface area contributed by atoms with E-state index in [-0.39, 0.29) is 11.9 Å². The lowest BCUT2D eigenvalue weighted by Crippen LogP contribution is -2.56. The number of amides is 1. The van der Waals surface area contributed by atoms with Crippen molar-refractivity contribution in [3.05, 3.63) is 35.7 Å². The van der Waals surface area contributed by atoms with Gasteiger partial charge in [-0.25, -0.2) is 0 Å². The number of carbonyl (C=O) groups excluding carboxylic acids is 1. The monoisotopic (exact) mass is 328 g/mol. The first-order valence-electron chi connectivity index (χ1n) is 8.35. The predicted molar refractivity (Wildman–Crippen MR) is 91.6 cm³/mol. The Hall–Kier alpha value is -2.21. The Morgan fingerprint density at radius 1 is 1.29 bits per heavy atom. The van der Waals surface area contributed by atoms with Gasteiger partial charge in [-0.05, 0) is 31.2 Å². The third-order valence-electron chi connectivity index (χ3n) is 4.53. The molecule has 0 aliphatic carbocycles. The first-order valence-corrected chi connectivity index (χ1v) is 8.35. The molecule has 1 aliphatic rings. The van der Waals surface area contributed by atoms with E-state index in [1.807, 2.05) is 29.2 Å². The van der Waals surface area contributed by atoms with E-state index in [4.69, 9.17) is 4.42 Å². The number of benzene rings is 1. The van der Waals surface area contributed by atoms with Gasteiger partial charge >= 0.3 is 0 Å². The smallest absolute Gasteiger partial charge is 0.254 e. The van der Waals surface area contributed by atoms with E-state index in [1.54, 1.807) is 6.92 Å². The highest BCUT2D eigenvalue weighted by atomic mass is 16.4. The predicted octanol–water partition coefficient (Wildman–Crippen LogP) is 2.46. The standard InChI is InChI=1S/C18H24N4O2/c1-12(2)16-11-21(4)8-9-22(16)18(23)15-7-5-6-14(10-15)17-20-19-13(3)24-17/h5-7,10,12,16H,8-9,11H2,1-4H3. The molecule has 6 nitrogen and oxygen atoms in total. The van der Waals surface area contributed by atoms with Gasteiger partial charge in [0.1, 0.15) is 0 Å². The van der Waals surface area contributed by atoms with Crippen molar-refractivity contribution in [1.82, 2.24) is 20.0 Å². The van der Waals surface area contributed by atoms with Crippen LogP contribution in [-0.4, -0.2) is 58.6 Å². The normalized spacial score (nSPS) is 19.0. The number of aromatic nitrogens is 2. The molecule has 24 heavy (non-hydrogen) atoms. The molecule has 1 aliphatic heterocycles. The molecule has 6 heteroatoms. The van der Waals surface area contributed by atoms with E-state index in [0.717, 1.165) is 25.2 Å². The summed E-state index contributed by atoms with van der Waals surface area (Å²) >= 11 is 0. The number of nitrogens with zero attached hydrogens (tertiary/aromatic N) is 4. The van der Waals surface area contributed by atoms with Gasteiger partial charge in [0.15, 0.2) is 0 Å². The topological polar surface area (TPSA) is 62.5 Å². The summed E-state index contributed by atoms with van der Waals surface area (Å²) in [5, 5.41) is 7.89. The van der Waals surface area contributed by atoms with Crippen molar-refractivity contribution in [2.24, 2.45) is 5.92 Å². The van der Waals surface area contributed by atoms with Crippen LogP contribution in [0.2, 0.25) is 0 Å². The summed E-state index contributed by atoms with van der Waals surface area (Å²) < 4.78 is 5.47. The molecule has 1 saturated heterocycles. The van der Waals surface area contributed by atoms with Crippen LogP contribution in [0.1, 0.15) is 30.1 Å². The van der Waals surface area contributed by atoms with Gasteiger partial charge in [0.25, 0.3) is 5.91 Å². The first-order chi connectivity index (χ1) is 11.5. The van der Waals surface area contributed by atoms with Crippen molar-refractivity contribution in [3.63, 3.8) is 0 Å². The summed E-state index contributed by atoms with van der Waals surface area (Å²) in [6.45, 7) is 8.65. The Bertz CT molecular complexity index is 725. The molecule has 2 aromatic rings. The number of hydrogen-bond donors (Lipinski definition) is 0. The van der Waals surface area contributed by atoms with Crippen LogP contribution in [0.5, 0.6) is 0 Å². The summed E-state index contributed by atoms with van der Waals surface area (Å²) in [5.74, 6) is 1.44. The Kier molecular flexibility index (Phi) is 4.66. The molecule has 2 heterocycles. The second-order valence-corrected chi connectivity index (χ2v) is 6.78.